The van der Waals surface area contributed by atoms with Crippen molar-refractivity contribution in [2.45, 2.75) is 37.6 Å². The lowest BCUT2D eigenvalue weighted by Gasteiger charge is -2.20. The first kappa shape index (κ1) is 10.9. The quantitative estimate of drug-likeness (QED) is 0.838. The topological polar surface area (TPSA) is 49.5 Å². The van der Waals surface area contributed by atoms with Crippen LogP contribution >= 0.6 is 0 Å². The van der Waals surface area contributed by atoms with E-state index in [4.69, 9.17) is 5.73 Å². The molecule has 3 nitrogen and oxygen atoms in total. The molecule has 1 saturated carbocycles. The molecule has 0 bridgehead atoms. The number of hydrogen-bond donors (Lipinski definition) is 2. The zero-order valence-corrected chi connectivity index (χ0v) is 10.2. The maximum absolute atomic E-state index is 9.89. The molecule has 0 spiro atoms. The van der Waals surface area contributed by atoms with Crippen molar-refractivity contribution < 1.29 is 5.11 Å². The van der Waals surface area contributed by atoms with E-state index in [1.807, 2.05) is 12.1 Å². The molecule has 3 N–H and O–H groups in total. The molecule has 1 aromatic rings. The predicted molar refractivity (Wildman–Crippen MR) is 69.4 cm³/mol. The predicted octanol–water partition coefficient (Wildman–Crippen LogP) is 2.03. The smallest absolute Gasteiger partial charge is 0.118 e. The van der Waals surface area contributed by atoms with Crippen LogP contribution in [-0.4, -0.2) is 23.7 Å². The van der Waals surface area contributed by atoms with E-state index < -0.39 is 0 Å². The number of benzene rings is 1. The molecule has 2 fully saturated rings. The van der Waals surface area contributed by atoms with Crippen molar-refractivity contribution >= 4 is 5.69 Å². The fraction of sp³-hybridized carbons (Fsp3) is 0.571. The monoisotopic (exact) mass is 232 g/mol. The Bertz CT molecular complexity index is 420. The summed E-state index contributed by atoms with van der Waals surface area (Å²) in [4.78, 5) is 2.39. The van der Waals surface area contributed by atoms with Crippen molar-refractivity contribution in [2.75, 3.05) is 18.0 Å². The van der Waals surface area contributed by atoms with E-state index in [2.05, 4.69) is 11.0 Å². The van der Waals surface area contributed by atoms with E-state index in [9.17, 15) is 5.11 Å². The molecular formula is C14H20N2O. The molecule has 17 heavy (non-hydrogen) atoms. The molecule has 0 amide bonds. The van der Waals surface area contributed by atoms with Gasteiger partial charge in [-0.2, -0.15) is 0 Å². The summed E-state index contributed by atoms with van der Waals surface area (Å²) in [5, 5.41) is 9.89. The molecule has 1 aromatic carbocycles. The molecule has 0 aromatic heterocycles. The van der Waals surface area contributed by atoms with E-state index in [1.165, 1.54) is 18.5 Å². The maximum atomic E-state index is 9.89. The van der Waals surface area contributed by atoms with E-state index in [0.29, 0.717) is 5.75 Å². The van der Waals surface area contributed by atoms with Gasteiger partial charge < -0.3 is 15.7 Å². The second-order valence-corrected chi connectivity index (χ2v) is 5.55. The Morgan fingerprint density at radius 2 is 1.94 bits per heavy atom. The first-order valence-corrected chi connectivity index (χ1v) is 6.52. The summed E-state index contributed by atoms with van der Waals surface area (Å²) in [6.07, 6.45) is 5.52. The van der Waals surface area contributed by atoms with Crippen LogP contribution < -0.4 is 10.6 Å². The third-order valence-electron chi connectivity index (χ3n) is 3.97. The average molecular weight is 232 g/mol. The minimum atomic E-state index is -0.0406. The van der Waals surface area contributed by atoms with Crippen molar-refractivity contribution in [3.05, 3.63) is 23.8 Å². The Morgan fingerprint density at radius 3 is 2.59 bits per heavy atom. The zero-order valence-electron chi connectivity index (χ0n) is 10.2. The molecule has 1 heterocycles. The first-order valence-electron chi connectivity index (χ1n) is 6.52. The molecule has 3 heteroatoms. The van der Waals surface area contributed by atoms with Crippen LogP contribution in [0.2, 0.25) is 0 Å². The Kier molecular flexibility index (Phi) is 2.51. The van der Waals surface area contributed by atoms with E-state index in [-0.39, 0.29) is 5.54 Å². The van der Waals surface area contributed by atoms with Gasteiger partial charge in [0.2, 0.25) is 0 Å². The fourth-order valence-electron chi connectivity index (χ4n) is 2.60. The van der Waals surface area contributed by atoms with E-state index in [0.717, 1.165) is 37.9 Å². The Balaban J connectivity index is 1.83. The summed E-state index contributed by atoms with van der Waals surface area (Å²) in [5.41, 5.74) is 8.33. The van der Waals surface area contributed by atoms with Gasteiger partial charge in [0.15, 0.2) is 0 Å². The van der Waals surface area contributed by atoms with Crippen LogP contribution in [-0.2, 0) is 6.42 Å². The Labute approximate surface area is 102 Å². The van der Waals surface area contributed by atoms with Crippen molar-refractivity contribution in [1.29, 1.82) is 0 Å². The summed E-state index contributed by atoms with van der Waals surface area (Å²) >= 11 is 0. The Hall–Kier alpha value is -1.22. The van der Waals surface area contributed by atoms with Crippen LogP contribution in [0.15, 0.2) is 18.2 Å². The van der Waals surface area contributed by atoms with Gasteiger partial charge in [-0.15, -0.1) is 0 Å². The number of hydrogen-bond acceptors (Lipinski definition) is 3. The summed E-state index contributed by atoms with van der Waals surface area (Å²) < 4.78 is 0. The highest BCUT2D eigenvalue weighted by Gasteiger charge is 2.38. The fourth-order valence-corrected chi connectivity index (χ4v) is 2.60. The molecule has 0 atom stereocenters. The van der Waals surface area contributed by atoms with Crippen molar-refractivity contribution in [3.8, 4) is 5.75 Å². The molecule has 1 aliphatic carbocycles. The van der Waals surface area contributed by atoms with Gasteiger partial charge in [0.05, 0.1) is 0 Å². The third-order valence-corrected chi connectivity index (χ3v) is 3.97. The van der Waals surface area contributed by atoms with Gasteiger partial charge in [0.1, 0.15) is 5.75 Å². The molecule has 3 rings (SSSR count). The summed E-state index contributed by atoms with van der Waals surface area (Å²) in [6, 6.07) is 5.95. The maximum Gasteiger partial charge on any atom is 0.118 e. The lowest BCUT2D eigenvalue weighted by atomic mass is 10.0. The highest BCUT2D eigenvalue weighted by atomic mass is 16.3. The van der Waals surface area contributed by atoms with Crippen molar-refractivity contribution in [2.24, 2.45) is 5.73 Å². The van der Waals surface area contributed by atoms with Crippen LogP contribution in [0.3, 0.4) is 0 Å². The number of rotatable bonds is 3. The summed E-state index contributed by atoms with van der Waals surface area (Å²) in [6.45, 7) is 2.27. The normalized spacial score (nSPS) is 21.8. The standard InChI is InChI=1S/C14H20N2O/c15-14(5-6-14)10-11-9-12(3-4-13(11)17)16-7-1-2-8-16/h3-4,9,17H,1-2,5-8,10,15H2. The van der Waals surface area contributed by atoms with Gasteiger partial charge >= 0.3 is 0 Å². The number of phenols is 1. The van der Waals surface area contributed by atoms with E-state index >= 15 is 0 Å². The first-order chi connectivity index (χ1) is 8.16. The number of aromatic hydroxyl groups is 1. The summed E-state index contributed by atoms with van der Waals surface area (Å²) in [7, 11) is 0. The van der Waals surface area contributed by atoms with E-state index in [1.54, 1.807) is 0 Å². The van der Waals surface area contributed by atoms with Gasteiger partial charge in [0.25, 0.3) is 0 Å². The summed E-state index contributed by atoms with van der Waals surface area (Å²) in [5.74, 6) is 0.393. The largest absolute Gasteiger partial charge is 0.508 e. The van der Waals surface area contributed by atoms with Gasteiger partial charge in [0, 0.05) is 24.3 Å². The number of nitrogens with zero attached hydrogens (tertiary/aromatic N) is 1. The third kappa shape index (κ3) is 2.25. The molecule has 0 unspecified atom stereocenters. The number of nitrogens with two attached hydrogens (primary N) is 1. The van der Waals surface area contributed by atoms with Crippen LogP contribution in [0.25, 0.3) is 0 Å². The van der Waals surface area contributed by atoms with Crippen LogP contribution in [0.5, 0.6) is 5.75 Å². The average Bonchev–Trinajstić information content (AvgIpc) is 2.84. The zero-order chi connectivity index (χ0) is 11.9. The molecular weight excluding hydrogens is 212 g/mol. The second kappa shape index (κ2) is 3.91. The van der Waals surface area contributed by atoms with Gasteiger partial charge in [-0.1, -0.05) is 0 Å². The van der Waals surface area contributed by atoms with Crippen LogP contribution in [0, 0.1) is 0 Å². The van der Waals surface area contributed by atoms with Crippen molar-refractivity contribution in [3.63, 3.8) is 0 Å². The molecule has 92 valence electrons. The van der Waals surface area contributed by atoms with Crippen LogP contribution in [0.4, 0.5) is 5.69 Å². The highest BCUT2D eigenvalue weighted by molar-refractivity contribution is 5.54. The minimum absolute atomic E-state index is 0.0406. The minimum Gasteiger partial charge on any atom is -0.508 e. The molecule has 1 aliphatic heterocycles. The molecule has 0 radical (unpaired) electrons. The highest BCUT2D eigenvalue weighted by Crippen LogP contribution is 2.38. The number of phenolic OH excluding ortho intramolecular Hbond substituents is 1. The molecule has 1 saturated heterocycles. The van der Waals surface area contributed by atoms with Crippen LogP contribution in [0.1, 0.15) is 31.2 Å². The number of anilines is 1. The van der Waals surface area contributed by atoms with Gasteiger partial charge in [-0.05, 0) is 55.9 Å². The lowest BCUT2D eigenvalue weighted by Crippen LogP contribution is -2.25. The Morgan fingerprint density at radius 1 is 1.24 bits per heavy atom. The van der Waals surface area contributed by atoms with Crippen molar-refractivity contribution in [1.82, 2.24) is 0 Å². The van der Waals surface area contributed by atoms with Gasteiger partial charge in [-0.3, -0.25) is 0 Å². The SMILES string of the molecule is NC1(Cc2cc(N3CCCC3)ccc2O)CC1. The molecule has 2 aliphatic rings. The lowest BCUT2D eigenvalue weighted by molar-refractivity contribution is 0.463. The van der Waals surface area contributed by atoms with Gasteiger partial charge in [-0.25, -0.2) is 0 Å². The second-order valence-electron chi connectivity index (χ2n) is 5.55.